The third-order valence-corrected chi connectivity index (χ3v) is 6.09. The number of nitrogens with one attached hydrogen (secondary N) is 1. The van der Waals surface area contributed by atoms with Gasteiger partial charge in [-0.2, -0.15) is 5.10 Å². The smallest absolute Gasteiger partial charge is 0.220 e. The van der Waals surface area contributed by atoms with Crippen LogP contribution in [-0.2, 0) is 11.2 Å². The summed E-state index contributed by atoms with van der Waals surface area (Å²) in [5, 5.41) is 7.88. The Morgan fingerprint density at radius 2 is 1.71 bits per heavy atom. The molecule has 1 N–H and O–H groups in total. The largest absolute Gasteiger partial charge is 0.497 e. The molecule has 1 amide bonds. The SMILES string of the molecule is COc1cc(OC)cc(-c2cc3nc(C)c(CCC(=O)N[C@H](C)c4ccccc4)c(C)n3n2)c1. The summed E-state index contributed by atoms with van der Waals surface area (Å²) in [6.07, 6.45) is 0.976. The lowest BCUT2D eigenvalue weighted by Crippen LogP contribution is -2.27. The van der Waals surface area contributed by atoms with E-state index in [0.717, 1.165) is 39.4 Å². The normalized spacial score (nSPS) is 11.9. The Hall–Kier alpha value is -3.87. The fraction of sp³-hybridized carbons (Fsp3) is 0.296. The monoisotopic (exact) mass is 458 g/mol. The lowest BCUT2D eigenvalue weighted by molar-refractivity contribution is -0.121. The average Bonchev–Trinajstić information content (AvgIpc) is 3.28. The van der Waals surface area contributed by atoms with Crippen molar-refractivity contribution in [1.29, 1.82) is 0 Å². The molecule has 4 aromatic rings. The van der Waals surface area contributed by atoms with Crippen LogP contribution < -0.4 is 14.8 Å². The molecule has 2 heterocycles. The third kappa shape index (κ3) is 4.88. The van der Waals surface area contributed by atoms with Crippen LogP contribution in [0.25, 0.3) is 16.9 Å². The molecule has 0 bridgehead atoms. The summed E-state index contributed by atoms with van der Waals surface area (Å²) < 4.78 is 12.6. The standard InChI is InChI=1S/C27H30N4O3/c1-17(20-9-7-6-8-10-20)29-27(32)12-11-24-18(2)28-26-16-25(30-31(26)19(24)3)21-13-22(33-4)15-23(14-21)34-5/h6-10,13-17H,11-12H2,1-5H3,(H,29,32)/t17-/m1/s1. The Kier molecular flexibility index (Phi) is 6.82. The van der Waals surface area contributed by atoms with Crippen LogP contribution >= 0.6 is 0 Å². The molecule has 0 fully saturated rings. The van der Waals surface area contributed by atoms with Gasteiger partial charge in [0, 0.05) is 35.5 Å². The van der Waals surface area contributed by atoms with Crippen LogP contribution in [0.4, 0.5) is 0 Å². The summed E-state index contributed by atoms with van der Waals surface area (Å²) in [5.41, 5.74) is 6.43. The van der Waals surface area contributed by atoms with Crippen molar-refractivity contribution < 1.29 is 14.3 Å². The number of methoxy groups -OCH3 is 2. The van der Waals surface area contributed by atoms with Crippen molar-refractivity contribution in [3.63, 3.8) is 0 Å². The predicted molar refractivity (Wildman–Crippen MR) is 132 cm³/mol. The quantitative estimate of drug-likeness (QED) is 0.409. The summed E-state index contributed by atoms with van der Waals surface area (Å²) in [7, 11) is 3.25. The number of aryl methyl sites for hydroxylation is 2. The number of carbonyl (C=O) groups excluding carboxylic acids is 1. The van der Waals surface area contributed by atoms with Crippen molar-refractivity contribution in [2.24, 2.45) is 0 Å². The Morgan fingerprint density at radius 3 is 2.35 bits per heavy atom. The fourth-order valence-electron chi connectivity index (χ4n) is 4.16. The molecule has 7 heteroatoms. The number of hydrogen-bond acceptors (Lipinski definition) is 5. The fourth-order valence-corrected chi connectivity index (χ4v) is 4.16. The van der Waals surface area contributed by atoms with E-state index < -0.39 is 0 Å². The van der Waals surface area contributed by atoms with Gasteiger partial charge >= 0.3 is 0 Å². The van der Waals surface area contributed by atoms with E-state index in [2.05, 4.69) is 5.32 Å². The van der Waals surface area contributed by atoms with Crippen LogP contribution in [0.2, 0.25) is 0 Å². The Bertz CT molecular complexity index is 1290. The van der Waals surface area contributed by atoms with Gasteiger partial charge in [-0.3, -0.25) is 4.79 Å². The van der Waals surface area contributed by atoms with E-state index in [1.807, 2.05) is 79.9 Å². The van der Waals surface area contributed by atoms with Crippen molar-refractivity contribution in [3.05, 3.63) is 77.1 Å². The van der Waals surface area contributed by atoms with Crippen LogP contribution in [-0.4, -0.2) is 34.7 Å². The average molecular weight is 459 g/mol. The number of aromatic nitrogens is 3. The Labute approximate surface area is 199 Å². The molecule has 0 spiro atoms. The lowest BCUT2D eigenvalue weighted by Gasteiger charge is -2.15. The molecule has 7 nitrogen and oxygen atoms in total. The number of hydrogen-bond donors (Lipinski definition) is 1. The minimum atomic E-state index is -0.0370. The summed E-state index contributed by atoms with van der Waals surface area (Å²) in [6, 6.07) is 17.5. The highest BCUT2D eigenvalue weighted by molar-refractivity contribution is 5.76. The second-order valence-corrected chi connectivity index (χ2v) is 8.36. The number of fused-ring (bicyclic) bond motifs is 1. The van der Waals surface area contributed by atoms with E-state index in [-0.39, 0.29) is 11.9 Å². The van der Waals surface area contributed by atoms with Crippen LogP contribution in [0, 0.1) is 13.8 Å². The highest BCUT2D eigenvalue weighted by atomic mass is 16.5. The molecule has 0 unspecified atom stereocenters. The summed E-state index contributed by atoms with van der Waals surface area (Å²) >= 11 is 0. The molecule has 2 aromatic heterocycles. The Balaban J connectivity index is 1.55. The van der Waals surface area contributed by atoms with Gasteiger partial charge in [0.1, 0.15) is 11.5 Å². The van der Waals surface area contributed by atoms with E-state index in [4.69, 9.17) is 19.6 Å². The summed E-state index contributed by atoms with van der Waals surface area (Å²) in [5.74, 6) is 1.41. The van der Waals surface area contributed by atoms with E-state index in [9.17, 15) is 4.79 Å². The molecule has 34 heavy (non-hydrogen) atoms. The van der Waals surface area contributed by atoms with E-state index in [1.165, 1.54) is 0 Å². The second kappa shape index (κ2) is 9.95. The molecular weight excluding hydrogens is 428 g/mol. The number of carbonyl (C=O) groups is 1. The maximum Gasteiger partial charge on any atom is 0.220 e. The zero-order valence-corrected chi connectivity index (χ0v) is 20.3. The van der Waals surface area contributed by atoms with Gasteiger partial charge in [-0.1, -0.05) is 30.3 Å². The van der Waals surface area contributed by atoms with Crippen LogP contribution in [0.5, 0.6) is 11.5 Å². The zero-order chi connectivity index (χ0) is 24.2. The Morgan fingerprint density at radius 1 is 1.03 bits per heavy atom. The van der Waals surface area contributed by atoms with Gasteiger partial charge < -0.3 is 14.8 Å². The number of nitrogens with zero attached hydrogens (tertiary/aromatic N) is 3. The van der Waals surface area contributed by atoms with Gasteiger partial charge in [-0.05, 0) is 50.5 Å². The van der Waals surface area contributed by atoms with Crippen molar-refractivity contribution in [2.45, 2.75) is 39.7 Å². The minimum Gasteiger partial charge on any atom is -0.497 e. The first-order valence-electron chi connectivity index (χ1n) is 11.3. The molecule has 4 rings (SSSR count). The van der Waals surface area contributed by atoms with E-state index in [0.29, 0.717) is 24.3 Å². The van der Waals surface area contributed by atoms with Gasteiger partial charge in [0.15, 0.2) is 5.65 Å². The van der Waals surface area contributed by atoms with Crippen molar-refractivity contribution in [3.8, 4) is 22.8 Å². The number of ether oxygens (including phenoxy) is 2. The molecule has 0 aliphatic heterocycles. The first kappa shape index (κ1) is 23.3. The minimum absolute atomic E-state index is 0.0138. The summed E-state index contributed by atoms with van der Waals surface area (Å²) in [4.78, 5) is 17.4. The molecule has 176 valence electrons. The first-order valence-corrected chi connectivity index (χ1v) is 11.3. The van der Waals surface area contributed by atoms with E-state index in [1.54, 1.807) is 14.2 Å². The lowest BCUT2D eigenvalue weighted by atomic mass is 10.1. The molecular formula is C27H30N4O3. The van der Waals surface area contributed by atoms with Gasteiger partial charge in [-0.15, -0.1) is 0 Å². The molecule has 0 saturated heterocycles. The van der Waals surface area contributed by atoms with Gasteiger partial charge in [-0.25, -0.2) is 9.50 Å². The van der Waals surface area contributed by atoms with Crippen molar-refractivity contribution in [2.75, 3.05) is 14.2 Å². The highest BCUT2D eigenvalue weighted by Crippen LogP contribution is 2.30. The van der Waals surface area contributed by atoms with Gasteiger partial charge in [0.25, 0.3) is 0 Å². The highest BCUT2D eigenvalue weighted by Gasteiger charge is 2.16. The first-order chi connectivity index (χ1) is 16.4. The predicted octanol–water partition coefficient (Wildman–Crippen LogP) is 4.84. The number of amides is 1. The van der Waals surface area contributed by atoms with Crippen LogP contribution in [0.3, 0.4) is 0 Å². The molecule has 0 aliphatic carbocycles. The van der Waals surface area contributed by atoms with Crippen molar-refractivity contribution >= 4 is 11.6 Å². The topological polar surface area (TPSA) is 77.8 Å². The number of rotatable bonds is 8. The molecule has 0 aliphatic rings. The molecule has 2 aromatic carbocycles. The molecule has 0 saturated carbocycles. The maximum absolute atomic E-state index is 12.6. The maximum atomic E-state index is 12.6. The molecule has 0 radical (unpaired) electrons. The zero-order valence-electron chi connectivity index (χ0n) is 20.3. The number of benzene rings is 2. The second-order valence-electron chi connectivity index (χ2n) is 8.36. The van der Waals surface area contributed by atoms with E-state index >= 15 is 0 Å². The molecule has 1 atom stereocenters. The van der Waals surface area contributed by atoms with Gasteiger partial charge in [0.05, 0.1) is 26.0 Å². The third-order valence-electron chi connectivity index (χ3n) is 6.09. The van der Waals surface area contributed by atoms with Crippen LogP contribution in [0.15, 0.2) is 54.6 Å². The van der Waals surface area contributed by atoms with Gasteiger partial charge in [0.2, 0.25) is 5.91 Å². The summed E-state index contributed by atoms with van der Waals surface area (Å²) in [6.45, 7) is 5.99. The van der Waals surface area contributed by atoms with Crippen molar-refractivity contribution in [1.82, 2.24) is 19.9 Å². The van der Waals surface area contributed by atoms with Crippen LogP contribution in [0.1, 0.15) is 41.9 Å².